The molecule has 2 aliphatic rings. The van der Waals surface area contributed by atoms with Crippen molar-refractivity contribution in [2.24, 2.45) is 4.99 Å². The average Bonchev–Trinajstić information content (AvgIpc) is 3.43. The maximum atomic E-state index is 13.0. The number of hydrogen-bond acceptors (Lipinski definition) is 3. The third-order valence-electron chi connectivity index (χ3n) is 4.55. The molecule has 1 saturated heterocycles. The summed E-state index contributed by atoms with van der Waals surface area (Å²) < 4.78 is 13.0. The van der Waals surface area contributed by atoms with Crippen LogP contribution in [-0.4, -0.2) is 65.5 Å². The molecule has 0 radical (unpaired) electrons. The van der Waals surface area contributed by atoms with E-state index in [9.17, 15) is 14.3 Å². The molecule has 1 heterocycles. The lowest BCUT2D eigenvalue weighted by atomic mass is 10.1. The fraction of sp³-hybridized carbons (Fsp3) is 0.556. The maximum Gasteiger partial charge on any atom is 0.242 e. The minimum absolute atomic E-state index is 0. The highest BCUT2D eigenvalue weighted by Gasteiger charge is 2.36. The van der Waals surface area contributed by atoms with Gasteiger partial charge in [-0.15, -0.1) is 24.0 Å². The van der Waals surface area contributed by atoms with Gasteiger partial charge in [0, 0.05) is 25.7 Å². The number of aliphatic imine (C=N–C) groups is 1. The molecule has 144 valence electrons. The summed E-state index contributed by atoms with van der Waals surface area (Å²) in [7, 11) is 0. The first-order valence-corrected chi connectivity index (χ1v) is 8.84. The first-order chi connectivity index (χ1) is 12.1. The van der Waals surface area contributed by atoms with Crippen LogP contribution in [0.2, 0.25) is 0 Å². The first kappa shape index (κ1) is 20.9. The van der Waals surface area contributed by atoms with Crippen molar-refractivity contribution >= 4 is 35.8 Å². The molecule has 1 amide bonds. The van der Waals surface area contributed by atoms with E-state index in [1.807, 2.05) is 16.7 Å². The van der Waals surface area contributed by atoms with Crippen LogP contribution in [0.25, 0.3) is 0 Å². The number of carbonyl (C=O) groups excluding carboxylic acids is 1. The lowest BCUT2D eigenvalue weighted by Crippen LogP contribution is -2.55. The summed E-state index contributed by atoms with van der Waals surface area (Å²) in [5.74, 6) is 0.436. The number of guanidine groups is 1. The fourth-order valence-electron chi connectivity index (χ4n) is 3.03. The summed E-state index contributed by atoms with van der Waals surface area (Å²) in [6.45, 7) is 4.58. The molecule has 0 spiro atoms. The number of halogens is 2. The standard InChI is InChI=1S/C18H25FN4O2.HI/c1-2-20-18(21-11-16(24)13-3-5-14(19)6-4-13)22-9-10-23(15-7-8-15)17(25)12-22;/h3-6,15-16,24H,2,7-12H2,1H3,(H,20,21);1H. The van der Waals surface area contributed by atoms with Crippen molar-refractivity contribution in [2.75, 3.05) is 32.7 Å². The molecule has 0 aromatic heterocycles. The lowest BCUT2D eigenvalue weighted by Gasteiger charge is -2.36. The number of nitrogens with zero attached hydrogens (tertiary/aromatic N) is 3. The Bertz CT molecular complexity index is 637. The normalized spacial score (nSPS) is 19.2. The van der Waals surface area contributed by atoms with Gasteiger partial charge in [0.05, 0.1) is 19.2 Å². The highest BCUT2D eigenvalue weighted by Crippen LogP contribution is 2.28. The third kappa shape index (κ3) is 5.29. The third-order valence-corrected chi connectivity index (χ3v) is 4.55. The van der Waals surface area contributed by atoms with Crippen LogP contribution < -0.4 is 5.32 Å². The molecule has 1 atom stereocenters. The van der Waals surface area contributed by atoms with E-state index in [-0.39, 0.29) is 42.2 Å². The van der Waals surface area contributed by atoms with E-state index in [0.29, 0.717) is 37.2 Å². The summed E-state index contributed by atoms with van der Waals surface area (Å²) in [5, 5.41) is 13.4. The Balaban J connectivity index is 0.00000243. The molecular formula is C18H26FIN4O2. The summed E-state index contributed by atoms with van der Waals surface area (Å²) >= 11 is 0. The Labute approximate surface area is 170 Å². The molecule has 1 aliphatic carbocycles. The largest absolute Gasteiger partial charge is 0.386 e. The Hall–Kier alpha value is -1.42. The molecule has 1 saturated carbocycles. The molecule has 6 nitrogen and oxygen atoms in total. The van der Waals surface area contributed by atoms with Crippen LogP contribution in [0.3, 0.4) is 0 Å². The van der Waals surface area contributed by atoms with Crippen LogP contribution >= 0.6 is 24.0 Å². The van der Waals surface area contributed by atoms with Crippen molar-refractivity contribution < 1.29 is 14.3 Å². The Morgan fingerprint density at radius 1 is 1.35 bits per heavy atom. The number of benzene rings is 1. The highest BCUT2D eigenvalue weighted by molar-refractivity contribution is 14.0. The van der Waals surface area contributed by atoms with Gasteiger partial charge in [-0.1, -0.05) is 12.1 Å². The molecule has 1 aliphatic heterocycles. The average molecular weight is 476 g/mol. The van der Waals surface area contributed by atoms with Gasteiger partial charge in [0.1, 0.15) is 5.82 Å². The van der Waals surface area contributed by atoms with Crippen LogP contribution in [0, 0.1) is 5.82 Å². The van der Waals surface area contributed by atoms with E-state index in [4.69, 9.17) is 0 Å². The van der Waals surface area contributed by atoms with Gasteiger partial charge in [0.25, 0.3) is 0 Å². The Kier molecular flexibility index (Phi) is 7.63. The molecule has 8 heteroatoms. The SMILES string of the molecule is CCNC(=NCC(O)c1ccc(F)cc1)N1CCN(C2CC2)C(=O)C1.I. The van der Waals surface area contributed by atoms with Crippen molar-refractivity contribution in [3.8, 4) is 0 Å². The maximum absolute atomic E-state index is 13.0. The molecule has 0 bridgehead atoms. The summed E-state index contributed by atoms with van der Waals surface area (Å²) in [4.78, 5) is 20.7. The van der Waals surface area contributed by atoms with Gasteiger partial charge in [0.2, 0.25) is 5.91 Å². The van der Waals surface area contributed by atoms with Crippen LogP contribution in [0.4, 0.5) is 4.39 Å². The zero-order chi connectivity index (χ0) is 17.8. The van der Waals surface area contributed by atoms with E-state index in [0.717, 1.165) is 19.4 Å². The number of carbonyl (C=O) groups is 1. The molecule has 1 aromatic rings. The van der Waals surface area contributed by atoms with Gasteiger partial charge in [-0.3, -0.25) is 9.79 Å². The predicted molar refractivity (Wildman–Crippen MR) is 109 cm³/mol. The van der Waals surface area contributed by atoms with Gasteiger partial charge in [-0.05, 0) is 37.5 Å². The van der Waals surface area contributed by atoms with Crippen molar-refractivity contribution in [3.63, 3.8) is 0 Å². The fourth-order valence-corrected chi connectivity index (χ4v) is 3.03. The van der Waals surface area contributed by atoms with E-state index in [1.54, 1.807) is 12.1 Å². The second kappa shape index (κ2) is 9.50. The van der Waals surface area contributed by atoms with Gasteiger partial charge >= 0.3 is 0 Å². The monoisotopic (exact) mass is 476 g/mol. The van der Waals surface area contributed by atoms with Crippen molar-refractivity contribution in [2.45, 2.75) is 31.9 Å². The quantitative estimate of drug-likeness (QED) is 0.386. The van der Waals surface area contributed by atoms with E-state index in [2.05, 4.69) is 10.3 Å². The lowest BCUT2D eigenvalue weighted by molar-refractivity contribution is -0.135. The smallest absolute Gasteiger partial charge is 0.242 e. The van der Waals surface area contributed by atoms with Crippen molar-refractivity contribution in [3.05, 3.63) is 35.6 Å². The number of piperazine rings is 1. The number of hydrogen-bond donors (Lipinski definition) is 2. The highest BCUT2D eigenvalue weighted by atomic mass is 127. The number of nitrogens with one attached hydrogen (secondary N) is 1. The number of aliphatic hydroxyl groups excluding tert-OH is 1. The molecule has 1 aromatic carbocycles. The summed E-state index contributed by atoms with van der Waals surface area (Å²) in [5.41, 5.74) is 0.621. The van der Waals surface area contributed by atoms with Crippen LogP contribution in [0.15, 0.2) is 29.3 Å². The molecule has 3 rings (SSSR count). The minimum atomic E-state index is -0.808. The van der Waals surface area contributed by atoms with E-state index >= 15 is 0 Å². The minimum Gasteiger partial charge on any atom is -0.386 e. The Morgan fingerprint density at radius 2 is 2.04 bits per heavy atom. The predicted octanol–water partition coefficient (Wildman–Crippen LogP) is 1.75. The van der Waals surface area contributed by atoms with Crippen molar-refractivity contribution in [1.29, 1.82) is 0 Å². The number of rotatable bonds is 5. The van der Waals surface area contributed by atoms with Gasteiger partial charge in [0.15, 0.2) is 5.96 Å². The van der Waals surface area contributed by atoms with Crippen LogP contribution in [-0.2, 0) is 4.79 Å². The molecule has 2 fully saturated rings. The van der Waals surface area contributed by atoms with Gasteiger partial charge < -0.3 is 20.2 Å². The Morgan fingerprint density at radius 3 is 2.62 bits per heavy atom. The zero-order valence-electron chi connectivity index (χ0n) is 14.9. The first-order valence-electron chi connectivity index (χ1n) is 8.84. The number of amides is 1. The second-order valence-electron chi connectivity index (χ2n) is 6.50. The van der Waals surface area contributed by atoms with Crippen molar-refractivity contribution in [1.82, 2.24) is 15.1 Å². The molecule has 1 unspecified atom stereocenters. The van der Waals surface area contributed by atoms with E-state index in [1.165, 1.54) is 12.1 Å². The van der Waals surface area contributed by atoms with E-state index < -0.39 is 6.10 Å². The number of aliphatic hydroxyl groups is 1. The zero-order valence-corrected chi connectivity index (χ0v) is 17.2. The summed E-state index contributed by atoms with van der Waals surface area (Å²) in [6.07, 6.45) is 1.42. The molecule has 26 heavy (non-hydrogen) atoms. The van der Waals surface area contributed by atoms with Crippen LogP contribution in [0.1, 0.15) is 31.4 Å². The molecule has 2 N–H and O–H groups in total. The van der Waals surface area contributed by atoms with Gasteiger partial charge in [-0.2, -0.15) is 0 Å². The van der Waals surface area contributed by atoms with Gasteiger partial charge in [-0.25, -0.2) is 4.39 Å². The molecular weight excluding hydrogens is 450 g/mol. The second-order valence-corrected chi connectivity index (χ2v) is 6.50. The summed E-state index contributed by atoms with van der Waals surface area (Å²) in [6, 6.07) is 6.20. The topological polar surface area (TPSA) is 68.2 Å². The van der Waals surface area contributed by atoms with Crippen LogP contribution in [0.5, 0.6) is 0 Å².